The van der Waals surface area contributed by atoms with Gasteiger partial charge in [0.05, 0.1) is 5.56 Å². The van der Waals surface area contributed by atoms with Crippen molar-refractivity contribution < 1.29 is 8.88 Å². The summed E-state index contributed by atoms with van der Waals surface area (Å²) in [4.78, 5) is 10.2. The first-order valence-corrected chi connectivity index (χ1v) is 3.21. The molecule has 1 aromatic rings. The van der Waals surface area contributed by atoms with E-state index >= 15 is 0 Å². The maximum atomic E-state index is 10.2. The lowest BCUT2D eigenvalue weighted by Crippen LogP contribution is -2.24. The third kappa shape index (κ3) is 1.33. The van der Waals surface area contributed by atoms with Gasteiger partial charge in [-0.05, 0) is 6.07 Å². The second-order valence-electron chi connectivity index (χ2n) is 2.03. The van der Waals surface area contributed by atoms with Crippen LogP contribution in [0.5, 0.6) is 0 Å². The summed E-state index contributed by atoms with van der Waals surface area (Å²) in [7, 11) is 0. The molecule has 0 atom stereocenters. The van der Waals surface area contributed by atoms with Gasteiger partial charge in [0.1, 0.15) is 0 Å². The molecule has 52 valence electrons. The van der Waals surface area contributed by atoms with Crippen LogP contribution < -0.4 is 4.09 Å². The fraction of sp³-hybridized carbons (Fsp3) is 0.143. The molecule has 0 spiro atoms. The van der Waals surface area contributed by atoms with E-state index < -0.39 is 0 Å². The second kappa shape index (κ2) is 2.80. The largest absolute Gasteiger partial charge is 0.298 e. The Morgan fingerprint density at radius 2 is 2.30 bits per heavy atom. The molecular formula is C7H7ClNO+. The van der Waals surface area contributed by atoms with Crippen molar-refractivity contribution >= 4 is 18.1 Å². The number of nitrogens with zero attached hydrogens (tertiary/aromatic N) is 1. The van der Waals surface area contributed by atoms with Gasteiger partial charge in [0.2, 0.25) is 11.9 Å². The maximum absolute atomic E-state index is 10.2. The standard InChI is InChI=1S/C7H7ClNO/c1-6-2-3-7(5-10)4-9(6)8/h2-5H,1H3/q+1. The Morgan fingerprint density at radius 3 is 2.80 bits per heavy atom. The fourth-order valence-corrected chi connectivity index (χ4v) is 0.803. The van der Waals surface area contributed by atoms with Crippen LogP contribution in [0.2, 0.25) is 0 Å². The minimum Gasteiger partial charge on any atom is -0.298 e. The minimum atomic E-state index is 0.584. The van der Waals surface area contributed by atoms with E-state index in [0.717, 1.165) is 12.0 Å². The molecule has 2 nitrogen and oxygen atoms in total. The van der Waals surface area contributed by atoms with E-state index in [9.17, 15) is 4.79 Å². The quantitative estimate of drug-likeness (QED) is 0.558. The molecule has 0 amide bonds. The molecule has 0 saturated heterocycles. The molecular weight excluding hydrogens is 150 g/mol. The Kier molecular flexibility index (Phi) is 2.02. The Labute approximate surface area is 64.2 Å². The summed E-state index contributed by atoms with van der Waals surface area (Å²) in [6, 6.07) is 3.51. The van der Waals surface area contributed by atoms with E-state index in [-0.39, 0.29) is 0 Å². The highest BCUT2D eigenvalue weighted by Gasteiger charge is 2.03. The molecule has 0 aromatic carbocycles. The van der Waals surface area contributed by atoms with Crippen molar-refractivity contribution in [1.29, 1.82) is 0 Å². The van der Waals surface area contributed by atoms with Crippen LogP contribution in [0.3, 0.4) is 0 Å². The molecule has 1 heterocycles. The van der Waals surface area contributed by atoms with Gasteiger partial charge in [-0.3, -0.25) is 4.79 Å². The van der Waals surface area contributed by atoms with Gasteiger partial charge in [0.15, 0.2) is 6.29 Å². The van der Waals surface area contributed by atoms with Gasteiger partial charge in [-0.25, -0.2) is 0 Å². The molecule has 0 saturated carbocycles. The zero-order valence-electron chi connectivity index (χ0n) is 5.54. The van der Waals surface area contributed by atoms with Crippen LogP contribution >= 0.6 is 11.8 Å². The highest BCUT2D eigenvalue weighted by atomic mass is 35.5. The Morgan fingerprint density at radius 1 is 1.60 bits per heavy atom. The molecule has 0 aliphatic carbocycles. The summed E-state index contributed by atoms with van der Waals surface area (Å²) in [5.41, 5.74) is 1.49. The molecule has 0 aliphatic rings. The van der Waals surface area contributed by atoms with E-state index in [1.54, 1.807) is 18.3 Å². The predicted octanol–water partition coefficient (Wildman–Crippen LogP) is 1.10. The van der Waals surface area contributed by atoms with Crippen molar-refractivity contribution in [3.05, 3.63) is 29.6 Å². The number of rotatable bonds is 1. The van der Waals surface area contributed by atoms with Gasteiger partial charge in [-0.15, -0.1) is 0 Å². The smallest absolute Gasteiger partial charge is 0.268 e. The molecule has 0 unspecified atom stereocenters. The molecule has 1 aromatic heterocycles. The highest BCUT2D eigenvalue weighted by Crippen LogP contribution is 1.94. The Bertz CT molecular complexity index is 260. The molecule has 0 fully saturated rings. The third-order valence-corrected chi connectivity index (χ3v) is 1.62. The van der Waals surface area contributed by atoms with Crippen molar-refractivity contribution in [3.63, 3.8) is 0 Å². The molecule has 0 bridgehead atoms. The predicted molar refractivity (Wildman–Crippen MR) is 38.0 cm³/mol. The van der Waals surface area contributed by atoms with Crippen LogP contribution in [0.15, 0.2) is 18.3 Å². The highest BCUT2D eigenvalue weighted by molar-refractivity contribution is 6.04. The van der Waals surface area contributed by atoms with E-state index in [4.69, 9.17) is 11.8 Å². The van der Waals surface area contributed by atoms with Crippen LogP contribution in [-0.4, -0.2) is 6.29 Å². The summed E-state index contributed by atoms with van der Waals surface area (Å²) in [5, 5.41) is 0. The fourth-order valence-electron chi connectivity index (χ4n) is 0.633. The van der Waals surface area contributed by atoms with Gasteiger partial charge in [0, 0.05) is 13.0 Å². The van der Waals surface area contributed by atoms with Crippen molar-refractivity contribution in [2.75, 3.05) is 0 Å². The zero-order chi connectivity index (χ0) is 7.56. The molecule has 0 N–H and O–H groups in total. The average Bonchev–Trinajstić information content (AvgIpc) is 1.95. The topological polar surface area (TPSA) is 20.9 Å². The number of carbonyl (C=O) groups is 1. The van der Waals surface area contributed by atoms with Crippen molar-refractivity contribution in [1.82, 2.24) is 0 Å². The van der Waals surface area contributed by atoms with Crippen LogP contribution in [-0.2, 0) is 0 Å². The van der Waals surface area contributed by atoms with Gasteiger partial charge >= 0.3 is 0 Å². The monoisotopic (exact) mass is 156 g/mol. The zero-order valence-corrected chi connectivity index (χ0v) is 6.30. The SMILES string of the molecule is Cc1ccc(C=O)c[n+]1Cl. The van der Waals surface area contributed by atoms with E-state index in [1.807, 2.05) is 6.92 Å². The second-order valence-corrected chi connectivity index (χ2v) is 2.40. The van der Waals surface area contributed by atoms with E-state index in [1.165, 1.54) is 4.09 Å². The van der Waals surface area contributed by atoms with Crippen molar-refractivity contribution in [2.45, 2.75) is 6.92 Å². The third-order valence-electron chi connectivity index (χ3n) is 1.25. The minimum absolute atomic E-state index is 0.584. The van der Waals surface area contributed by atoms with Gasteiger partial charge in [0.25, 0.3) is 11.8 Å². The number of carbonyl (C=O) groups excluding carboxylic acids is 1. The Hall–Kier alpha value is -0.890. The number of aldehydes is 1. The summed E-state index contributed by atoms with van der Waals surface area (Å²) in [6.45, 7) is 1.86. The first kappa shape index (κ1) is 7.22. The number of hydrogen-bond donors (Lipinski definition) is 0. The number of pyridine rings is 1. The van der Waals surface area contributed by atoms with Crippen molar-refractivity contribution in [2.24, 2.45) is 0 Å². The van der Waals surface area contributed by atoms with Gasteiger partial charge in [-0.2, -0.15) is 0 Å². The average molecular weight is 157 g/mol. The lowest BCUT2D eigenvalue weighted by molar-refractivity contribution is -0.527. The molecule has 0 aliphatic heterocycles. The first-order chi connectivity index (χ1) is 4.74. The Balaban J connectivity index is 3.16. The molecule has 10 heavy (non-hydrogen) atoms. The number of aryl methyl sites for hydroxylation is 1. The molecule has 3 heteroatoms. The summed E-state index contributed by atoms with van der Waals surface area (Å²) >= 11 is 5.65. The molecule has 0 radical (unpaired) electrons. The maximum Gasteiger partial charge on any atom is 0.268 e. The number of halogens is 1. The van der Waals surface area contributed by atoms with E-state index in [0.29, 0.717) is 5.56 Å². The van der Waals surface area contributed by atoms with Crippen LogP contribution in [0.4, 0.5) is 0 Å². The van der Waals surface area contributed by atoms with Crippen LogP contribution in [0.25, 0.3) is 0 Å². The number of hydrogen-bond acceptors (Lipinski definition) is 1. The van der Waals surface area contributed by atoms with Crippen LogP contribution in [0.1, 0.15) is 16.1 Å². The first-order valence-electron chi connectivity index (χ1n) is 2.87. The lowest BCUT2D eigenvalue weighted by atomic mass is 10.3. The lowest BCUT2D eigenvalue weighted by Gasteiger charge is -1.87. The molecule has 1 rings (SSSR count). The van der Waals surface area contributed by atoms with Crippen LogP contribution in [0, 0.1) is 6.92 Å². The number of aromatic nitrogens is 1. The summed E-state index contributed by atoms with van der Waals surface area (Å²) < 4.78 is 1.39. The summed E-state index contributed by atoms with van der Waals surface area (Å²) in [5.74, 6) is 0. The van der Waals surface area contributed by atoms with Gasteiger partial charge in [-0.1, -0.05) is 4.09 Å². The van der Waals surface area contributed by atoms with Gasteiger partial charge < -0.3 is 0 Å². The van der Waals surface area contributed by atoms with Crippen molar-refractivity contribution in [3.8, 4) is 0 Å². The normalized spacial score (nSPS) is 9.40. The summed E-state index contributed by atoms with van der Waals surface area (Å²) in [6.07, 6.45) is 2.34. The van der Waals surface area contributed by atoms with E-state index in [2.05, 4.69) is 0 Å².